The quantitative estimate of drug-likeness (QED) is 0.447. The second-order valence-corrected chi connectivity index (χ2v) is 7.86. The molecule has 0 N–H and O–H groups in total. The molecule has 0 saturated heterocycles. The summed E-state index contributed by atoms with van der Waals surface area (Å²) in [5, 5.41) is 0.450. The van der Waals surface area contributed by atoms with Crippen molar-refractivity contribution in [3.8, 4) is 5.75 Å². The van der Waals surface area contributed by atoms with Gasteiger partial charge in [-0.25, -0.2) is 4.98 Å². The summed E-state index contributed by atoms with van der Waals surface area (Å²) in [5.74, 6) is 0.889. The number of rotatable bonds is 5. The molecule has 160 valence electrons. The first kappa shape index (κ1) is 20.0. The second kappa shape index (κ2) is 7.96. The highest BCUT2D eigenvalue weighted by Crippen LogP contribution is 2.40. The molecule has 2 aromatic heterocycles. The number of amides is 1. The standard InChI is InChI=1S/C26H22N2O4/c1-3-14-31-18-11-9-17(10-12-18)23-22-24(29)19-6-4-5-7-20(19)32-25(22)26(30)28(23)21-13-8-16(2)15-27-21/h4-13,15,23H,3,14H2,1-2H3. The van der Waals surface area contributed by atoms with Gasteiger partial charge in [0.2, 0.25) is 5.76 Å². The van der Waals surface area contributed by atoms with Crippen molar-refractivity contribution >= 4 is 22.7 Å². The highest BCUT2D eigenvalue weighted by molar-refractivity contribution is 6.10. The first-order valence-electron chi connectivity index (χ1n) is 10.6. The largest absolute Gasteiger partial charge is 0.494 e. The summed E-state index contributed by atoms with van der Waals surface area (Å²) in [5.41, 5.74) is 2.28. The molecule has 6 heteroatoms. The summed E-state index contributed by atoms with van der Waals surface area (Å²) in [7, 11) is 0. The van der Waals surface area contributed by atoms with E-state index in [4.69, 9.17) is 9.15 Å². The molecule has 0 bridgehead atoms. The van der Waals surface area contributed by atoms with E-state index < -0.39 is 6.04 Å². The van der Waals surface area contributed by atoms with E-state index in [2.05, 4.69) is 4.98 Å². The minimum absolute atomic E-state index is 0.0624. The summed E-state index contributed by atoms with van der Waals surface area (Å²) >= 11 is 0. The Kier molecular flexibility index (Phi) is 4.98. The summed E-state index contributed by atoms with van der Waals surface area (Å²) in [6.07, 6.45) is 2.61. The zero-order chi connectivity index (χ0) is 22.2. The zero-order valence-corrected chi connectivity index (χ0v) is 17.9. The number of ether oxygens (including phenoxy) is 1. The van der Waals surface area contributed by atoms with Gasteiger partial charge in [0.25, 0.3) is 5.91 Å². The van der Waals surface area contributed by atoms with Gasteiger partial charge in [0.1, 0.15) is 17.2 Å². The van der Waals surface area contributed by atoms with E-state index in [0.29, 0.717) is 29.0 Å². The molecule has 32 heavy (non-hydrogen) atoms. The topological polar surface area (TPSA) is 72.6 Å². The number of hydrogen-bond donors (Lipinski definition) is 0. The lowest BCUT2D eigenvalue weighted by molar-refractivity contribution is 0.0970. The Labute approximate surface area is 185 Å². The van der Waals surface area contributed by atoms with E-state index in [1.165, 1.54) is 4.90 Å². The van der Waals surface area contributed by atoms with Crippen LogP contribution in [0.2, 0.25) is 0 Å². The number of anilines is 1. The van der Waals surface area contributed by atoms with Crippen molar-refractivity contribution in [1.29, 1.82) is 0 Å². The number of pyridine rings is 1. The zero-order valence-electron chi connectivity index (χ0n) is 17.9. The predicted octanol–water partition coefficient (Wildman–Crippen LogP) is 5.04. The van der Waals surface area contributed by atoms with Crippen molar-refractivity contribution in [3.63, 3.8) is 0 Å². The van der Waals surface area contributed by atoms with Gasteiger partial charge in [-0.15, -0.1) is 0 Å². The van der Waals surface area contributed by atoms with E-state index in [0.717, 1.165) is 23.3 Å². The Bertz CT molecular complexity index is 1360. The molecule has 1 unspecified atom stereocenters. The van der Waals surface area contributed by atoms with Gasteiger partial charge in [-0.1, -0.05) is 37.3 Å². The molecule has 6 nitrogen and oxygen atoms in total. The Morgan fingerprint density at radius 2 is 1.81 bits per heavy atom. The average Bonchev–Trinajstić information content (AvgIpc) is 3.11. The number of aryl methyl sites for hydroxylation is 1. The minimum Gasteiger partial charge on any atom is -0.494 e. The molecule has 0 fully saturated rings. The van der Waals surface area contributed by atoms with Crippen molar-refractivity contribution in [2.45, 2.75) is 26.3 Å². The van der Waals surface area contributed by atoms with Gasteiger partial charge in [-0.2, -0.15) is 0 Å². The molecule has 0 spiro atoms. The Balaban J connectivity index is 1.70. The molecule has 0 saturated carbocycles. The molecular weight excluding hydrogens is 404 g/mol. The van der Waals surface area contributed by atoms with Crippen molar-refractivity contribution < 1.29 is 13.9 Å². The maximum Gasteiger partial charge on any atom is 0.296 e. The van der Waals surface area contributed by atoms with Crippen LogP contribution in [0.3, 0.4) is 0 Å². The third-order valence-corrected chi connectivity index (χ3v) is 5.59. The van der Waals surface area contributed by atoms with Crippen LogP contribution in [0.1, 0.15) is 46.6 Å². The maximum absolute atomic E-state index is 13.5. The minimum atomic E-state index is -0.645. The van der Waals surface area contributed by atoms with Crippen LogP contribution in [0.25, 0.3) is 11.0 Å². The lowest BCUT2D eigenvalue weighted by atomic mass is 9.98. The summed E-state index contributed by atoms with van der Waals surface area (Å²) in [4.78, 5) is 33.0. The summed E-state index contributed by atoms with van der Waals surface area (Å²) in [6, 6.07) is 17.5. The van der Waals surface area contributed by atoms with Gasteiger partial charge in [0, 0.05) is 6.20 Å². The summed E-state index contributed by atoms with van der Waals surface area (Å²) < 4.78 is 11.7. The van der Waals surface area contributed by atoms with E-state index >= 15 is 0 Å². The predicted molar refractivity (Wildman–Crippen MR) is 122 cm³/mol. The first-order chi connectivity index (χ1) is 15.6. The van der Waals surface area contributed by atoms with E-state index in [9.17, 15) is 9.59 Å². The molecule has 3 heterocycles. The first-order valence-corrected chi connectivity index (χ1v) is 10.6. The molecule has 0 aliphatic carbocycles. The third-order valence-electron chi connectivity index (χ3n) is 5.59. The van der Waals surface area contributed by atoms with Crippen LogP contribution in [0, 0.1) is 6.92 Å². The molecule has 1 amide bonds. The molecule has 0 radical (unpaired) electrons. The van der Waals surface area contributed by atoms with Crippen molar-refractivity contribution in [2.75, 3.05) is 11.5 Å². The van der Waals surface area contributed by atoms with Gasteiger partial charge in [-0.05, 0) is 54.8 Å². The van der Waals surface area contributed by atoms with Crippen molar-refractivity contribution in [1.82, 2.24) is 4.98 Å². The number of carbonyl (C=O) groups is 1. The maximum atomic E-state index is 13.5. The van der Waals surface area contributed by atoms with Crippen LogP contribution in [-0.4, -0.2) is 17.5 Å². The monoisotopic (exact) mass is 426 g/mol. The molecular formula is C26H22N2O4. The fraction of sp³-hybridized carbons (Fsp3) is 0.192. The van der Waals surface area contributed by atoms with E-state index in [-0.39, 0.29) is 17.1 Å². The van der Waals surface area contributed by atoms with Crippen LogP contribution in [0.5, 0.6) is 5.75 Å². The normalized spacial score (nSPS) is 15.2. The van der Waals surface area contributed by atoms with Gasteiger partial charge in [0.15, 0.2) is 5.43 Å². The molecule has 1 aliphatic heterocycles. The highest BCUT2D eigenvalue weighted by atomic mass is 16.5. The van der Waals surface area contributed by atoms with Crippen LogP contribution in [-0.2, 0) is 0 Å². The van der Waals surface area contributed by atoms with Crippen LogP contribution >= 0.6 is 0 Å². The Morgan fingerprint density at radius 1 is 1.03 bits per heavy atom. The van der Waals surface area contributed by atoms with Crippen molar-refractivity contribution in [2.24, 2.45) is 0 Å². The summed E-state index contributed by atoms with van der Waals surface area (Å²) in [6.45, 7) is 4.60. The number of aromatic nitrogens is 1. The second-order valence-electron chi connectivity index (χ2n) is 7.86. The fourth-order valence-corrected chi connectivity index (χ4v) is 4.04. The average molecular weight is 426 g/mol. The van der Waals surface area contributed by atoms with Crippen LogP contribution < -0.4 is 15.1 Å². The van der Waals surface area contributed by atoms with E-state index in [1.54, 1.807) is 36.5 Å². The van der Waals surface area contributed by atoms with Gasteiger partial charge < -0.3 is 9.15 Å². The van der Waals surface area contributed by atoms with E-state index in [1.807, 2.05) is 44.2 Å². The number of nitrogens with zero attached hydrogens (tertiary/aromatic N) is 2. The fourth-order valence-electron chi connectivity index (χ4n) is 4.04. The van der Waals surface area contributed by atoms with Crippen molar-refractivity contribution in [3.05, 3.63) is 99.5 Å². The number of hydrogen-bond acceptors (Lipinski definition) is 5. The number of benzene rings is 2. The Hall–Kier alpha value is -3.93. The van der Waals surface area contributed by atoms with Gasteiger partial charge in [0.05, 0.1) is 23.6 Å². The Morgan fingerprint density at radius 3 is 2.53 bits per heavy atom. The molecule has 4 aromatic rings. The van der Waals surface area contributed by atoms with Crippen LogP contribution in [0.4, 0.5) is 5.82 Å². The van der Waals surface area contributed by atoms with Gasteiger partial charge >= 0.3 is 0 Å². The van der Waals surface area contributed by atoms with Crippen LogP contribution in [0.15, 0.2) is 76.1 Å². The smallest absolute Gasteiger partial charge is 0.296 e. The molecule has 1 atom stereocenters. The number of carbonyl (C=O) groups excluding carboxylic acids is 1. The molecule has 2 aromatic carbocycles. The van der Waals surface area contributed by atoms with Gasteiger partial charge in [-0.3, -0.25) is 14.5 Å². The molecule has 5 rings (SSSR count). The lowest BCUT2D eigenvalue weighted by Crippen LogP contribution is -2.30. The SMILES string of the molecule is CCCOc1ccc(C2c3c(oc4ccccc4c3=O)C(=O)N2c2ccc(C)cn2)cc1. The molecule has 1 aliphatic rings. The highest BCUT2D eigenvalue weighted by Gasteiger charge is 2.44. The lowest BCUT2D eigenvalue weighted by Gasteiger charge is -2.24. The third kappa shape index (κ3) is 3.24. The number of fused-ring (bicyclic) bond motifs is 2. The number of para-hydroxylation sites is 1.